The van der Waals surface area contributed by atoms with Gasteiger partial charge in [-0.1, -0.05) is 40.5 Å². The van der Waals surface area contributed by atoms with Crippen molar-refractivity contribution in [1.82, 2.24) is 50.4 Å². The molecule has 756 valence electrons. The van der Waals surface area contributed by atoms with E-state index >= 15 is 0 Å². The third kappa shape index (κ3) is 40.9. The number of nitrogens with zero attached hydrogens (tertiary/aromatic N) is 4. The van der Waals surface area contributed by atoms with Crippen LogP contribution in [0, 0.1) is 0 Å². The Labute approximate surface area is 886 Å². The summed E-state index contributed by atoms with van der Waals surface area (Å²) in [7, 11) is -10.2. The zero-order valence-electron chi connectivity index (χ0n) is 74.6. The quantitative estimate of drug-likeness (QED) is 0.0132. The van der Waals surface area contributed by atoms with Crippen molar-refractivity contribution in [3.8, 4) is 0 Å². The number of ether oxygens (including phenoxy) is 6. The van der Waals surface area contributed by atoms with Gasteiger partial charge in [-0.05, 0) is 19.2 Å². The summed E-state index contributed by atoms with van der Waals surface area (Å²) in [5.41, 5.74) is 19.3. The molecule has 0 saturated carbocycles. The maximum Gasteiger partial charge on any atom is 1.00 e. The van der Waals surface area contributed by atoms with Gasteiger partial charge >= 0.3 is 159 Å². The van der Waals surface area contributed by atoms with Crippen LogP contribution >= 0.6 is 28.5 Å². The number of phosphoric acid groups is 2. The van der Waals surface area contributed by atoms with Crippen molar-refractivity contribution in [3.63, 3.8) is 0 Å². The average molecular weight is 2080 g/mol. The van der Waals surface area contributed by atoms with Gasteiger partial charge < -0.3 is 243 Å². The molecule has 63 nitrogen and oxygen atoms in total. The fraction of sp³-hybridized carbons (Fsp3) is 0.738. The molecule has 2 aromatic rings. The zero-order chi connectivity index (χ0) is 101. The standard InChI is InChI=1S/C21H32N5O17P.C20H32N5O16P.C12H22N2O9.C6H13NO5.2C2H6.CH3NOS.CH2O.5Na/c22-11-1-2-26(20(37)24-11)18-16(34)15(33)10(41-18)6-40-44(38,39)43-21(19(35)36)3-8(29)13(25-12(31)4-23-7-28)17(42-21)14(32)9(30)5-27;21-4-11(29)24-12-7(27)3-20(18(33)34,40-16(12)13(30)8(28)5-26)41-42(36,37)38-6-9-14(31)15(32)17(39-9)25-2-1-10(22)23-19(25)35;1-13-3-7(18)14-8-5(16)2-12(22,11(20)21)23-10(8)9(19)6(17)4-15;7-3-5(10)4(9)2(1-8)12-6(3)11;2*1-2;3-1-2-4;1-2;;;;;/h1-2,7-10,13-18,27,29-30,32-34H,3-6H2,(H,23,28)(H,25,31)(H,35,36)(H,38,39)(H2,22,24,37);1-2,7-9,12-17,26-28,30-32H,3-6,21H2,(H,24,29)(H,33,34)(H,36,37)(H2,22,23,35);5-6,8-10,13,15-17,19,22H,2-4H2,1H3,(H,14,18)(H,20,21);2-6,8-11H,1,7H2;2*1-2H3;1,4H,(H,2,3);1H2;;;;;/q;;;;;;;;5*+1/p-5/t8?,9-,10?,13?,14-,15?,16?,17?,18?,21?;7?,8-,9?,12?,13-,14?,15?,16?,17?,20?;5?,6-,8?,9-,10?,12?;;;;;;;;;;/m111........../s1. The zero-order valence-corrected chi connectivity index (χ0v) is 87.3. The molecule has 6 fully saturated rings. The number of rotatable bonds is 35. The van der Waals surface area contributed by atoms with Gasteiger partial charge in [0, 0.05) is 31.7 Å². The Hall–Kier alpha value is -2.84. The number of nitrogens with one attached hydrogen (secondary N) is 6. The van der Waals surface area contributed by atoms with Gasteiger partial charge in [-0.15, -0.1) is 0 Å². The van der Waals surface area contributed by atoms with Crippen LogP contribution in [0.5, 0.6) is 0 Å². The van der Waals surface area contributed by atoms with Gasteiger partial charge in [0.05, 0.1) is 102 Å². The Bertz CT molecular complexity index is 4130. The normalized spacial score (nSPS) is 31.6. The predicted octanol–water partition coefficient (Wildman–Crippen LogP) is -39.6. The van der Waals surface area contributed by atoms with Crippen LogP contribution in [0.25, 0.3) is 0 Å². The number of aliphatic hydroxyl groups excluding tert-OH is 20. The second-order valence-electron chi connectivity index (χ2n) is 27.3. The molecule has 6 aliphatic rings. The number of hydrogen-bond acceptors (Lipinski definition) is 57. The van der Waals surface area contributed by atoms with Gasteiger partial charge in [-0.3, -0.25) is 51.3 Å². The minimum absolute atomic E-state index is 0. The fourth-order valence-electron chi connectivity index (χ4n) is 12.2. The number of carbonyl (C=O) groups is 9. The number of hydrogen-bond donors (Lipinski definition) is 32. The summed E-state index contributed by atoms with van der Waals surface area (Å²) in [6.07, 6.45) is -43.1. The molecule has 0 spiro atoms. The third-order valence-corrected chi connectivity index (χ3v) is 20.6. The second-order valence-corrected chi connectivity index (χ2v) is 30.3. The molecule has 0 radical (unpaired) electrons. The molecule has 6 aliphatic heterocycles. The summed E-state index contributed by atoms with van der Waals surface area (Å²) in [5, 5.41) is 252. The summed E-state index contributed by atoms with van der Waals surface area (Å²) in [4.78, 5) is 155. The molecule has 0 aliphatic carbocycles. The van der Waals surface area contributed by atoms with Gasteiger partial charge in [0.1, 0.15) is 146 Å². The molecule has 136 heavy (non-hydrogen) atoms. The molecule has 6 saturated heterocycles. The SMILES string of the molecule is C=O.CC.CC.CNCC(=O)NC1C(O)CC(O)(C(=O)[O-])OC1[C@H](O)[C@H](O)CO.NC1C(O)OC(CO)C(O)C1O.NCC(=O)NC1C(O)CC(OP(=O)([O-])OCC2OC(n3ccc(N)nc3=O)C(O)C2O)(C(=O)[O-])OC1[C@H](O)[C@H](O)CO.Nc1ccn(C2OC(COP(=O)([O-])OC3(C(=O)[O-])CC(O)C(NC(=O)CNC=O)C([C@H](O)[C@H](O)CO)O3)C(O)C2O)c(=O)n1.O=CNS.[Na+].[Na+].[Na+].[Na+].[Na+]. The number of carboxylic acids is 3. The van der Waals surface area contributed by atoms with Crippen molar-refractivity contribution in [2.24, 2.45) is 11.5 Å². The number of carboxylic acid groups (broad SMARTS) is 3. The number of carbonyl (C=O) groups excluding carboxylic acids is 9. The van der Waals surface area contributed by atoms with Crippen LogP contribution in [0.4, 0.5) is 11.6 Å². The molecule has 27 unspecified atom stereocenters. The van der Waals surface area contributed by atoms with E-state index in [1.54, 1.807) is 0 Å². The van der Waals surface area contributed by atoms with Crippen molar-refractivity contribution in [1.29, 1.82) is 0 Å². The van der Waals surface area contributed by atoms with E-state index in [2.05, 4.69) is 62.1 Å². The first-order valence-corrected chi connectivity index (χ1v) is 41.6. The van der Waals surface area contributed by atoms with Crippen LogP contribution in [0.1, 0.15) is 59.4 Å². The molecule has 5 amide bonds. The molecular formula is C65H111N14Na5O49P2S. The van der Waals surface area contributed by atoms with E-state index in [9.17, 15) is 169 Å². The largest absolute Gasteiger partial charge is 1.00 e. The first kappa shape index (κ1) is 142. The van der Waals surface area contributed by atoms with Crippen LogP contribution in [-0.4, -0.2) is 424 Å². The van der Waals surface area contributed by atoms with E-state index in [4.69, 9.17) is 76.3 Å². The number of aliphatic hydroxyl groups is 21. The van der Waals surface area contributed by atoms with E-state index in [0.29, 0.717) is 6.41 Å². The van der Waals surface area contributed by atoms with Crippen molar-refractivity contribution < 1.29 is 379 Å². The number of aromatic nitrogens is 4. The number of amides is 5. The minimum Gasteiger partial charge on any atom is -0.756 e. The molecule has 71 heteroatoms. The maximum atomic E-state index is 12.7. The van der Waals surface area contributed by atoms with Crippen LogP contribution in [0.15, 0.2) is 34.1 Å². The van der Waals surface area contributed by atoms with Gasteiger partial charge in [-0.2, -0.15) is 9.97 Å². The smallest absolute Gasteiger partial charge is 0.756 e. The van der Waals surface area contributed by atoms with Crippen LogP contribution < -0.4 is 239 Å². The Balaban J connectivity index is -0.000000574. The molecule has 8 rings (SSSR count). The maximum absolute atomic E-state index is 12.7. The number of phosphoric ester groups is 2. The monoisotopic (exact) mass is 2080 g/mol. The molecular weight excluding hydrogens is 1970 g/mol. The first-order chi connectivity index (χ1) is 61.2. The number of anilines is 2. The summed E-state index contributed by atoms with van der Waals surface area (Å²) >= 11 is 3.30. The molecule has 33 atom stereocenters. The third-order valence-electron chi connectivity index (χ3n) is 18.5. The predicted molar refractivity (Wildman–Crippen MR) is 415 cm³/mol. The Morgan fingerprint density at radius 3 is 1.19 bits per heavy atom. The average Bonchev–Trinajstić information content (AvgIpc) is 1.13. The van der Waals surface area contributed by atoms with E-state index in [1.807, 2.05) is 44.5 Å². The van der Waals surface area contributed by atoms with E-state index in [-0.39, 0.29) is 172 Å². The molecule has 0 bridgehead atoms. The van der Waals surface area contributed by atoms with E-state index in [0.717, 1.165) is 21.5 Å². The molecule has 8 heterocycles. The summed E-state index contributed by atoms with van der Waals surface area (Å²) in [5.74, 6) is -19.5. The van der Waals surface area contributed by atoms with Crippen molar-refractivity contribution in [3.05, 3.63) is 45.5 Å². The second kappa shape index (κ2) is 67.8. The summed E-state index contributed by atoms with van der Waals surface area (Å²) in [6.45, 7) is 2.73. The fourth-order valence-corrected chi connectivity index (χ4v) is 14.0. The Morgan fingerprint density at radius 1 is 0.559 bits per heavy atom. The van der Waals surface area contributed by atoms with Crippen molar-refractivity contribution in [2.45, 2.75) is 235 Å². The van der Waals surface area contributed by atoms with Gasteiger partial charge in [0.15, 0.2) is 18.7 Å². The minimum atomic E-state index is -5.87. The molecule has 35 N–H and O–H groups in total. The topological polar surface area (TPSA) is 1070 Å². The number of thiol groups is 1. The number of aliphatic carboxylic acids is 3. The first-order valence-electron chi connectivity index (χ1n) is 38.2. The molecule has 0 aromatic carbocycles. The number of likely N-dealkylation sites (N-methyl/N-ethyl adjacent to an activating group) is 1. The Morgan fingerprint density at radius 2 is 0.890 bits per heavy atom. The number of nitrogens with two attached hydrogens (primary N) is 4. The molecule has 2 aromatic heterocycles. The van der Waals surface area contributed by atoms with Crippen molar-refractivity contribution >= 4 is 95.3 Å². The van der Waals surface area contributed by atoms with E-state index in [1.165, 1.54) is 19.2 Å². The van der Waals surface area contributed by atoms with Gasteiger partial charge in [0.25, 0.3) is 15.6 Å². The Kier molecular flexibility index (Phi) is 70.6. The van der Waals surface area contributed by atoms with Crippen LogP contribution in [0.2, 0.25) is 0 Å². The van der Waals surface area contributed by atoms with Gasteiger partial charge in [0.2, 0.25) is 47.9 Å². The van der Waals surface area contributed by atoms with Crippen LogP contribution in [-0.2, 0) is 98.8 Å². The van der Waals surface area contributed by atoms with E-state index < -0.39 is 323 Å². The van der Waals surface area contributed by atoms with Gasteiger partial charge in [-0.25, -0.2) is 9.59 Å². The van der Waals surface area contributed by atoms with Crippen molar-refractivity contribution in [2.75, 3.05) is 77.8 Å². The number of nitrogen functional groups attached to an aromatic ring is 2. The van der Waals surface area contributed by atoms with Crippen LogP contribution in [0.3, 0.4) is 0 Å². The summed E-state index contributed by atoms with van der Waals surface area (Å²) in [6, 6.07) is -3.46. The summed E-state index contributed by atoms with van der Waals surface area (Å²) < 4.78 is 77.8.